The van der Waals surface area contributed by atoms with E-state index in [-0.39, 0.29) is 12.2 Å². The molecule has 1 fully saturated rings. The van der Waals surface area contributed by atoms with E-state index in [1.165, 1.54) is 0 Å². The van der Waals surface area contributed by atoms with Crippen molar-refractivity contribution in [1.82, 2.24) is 10.1 Å². The molecule has 0 bridgehead atoms. The van der Waals surface area contributed by atoms with Crippen molar-refractivity contribution in [2.24, 2.45) is 0 Å². The average molecular weight is 244 g/mol. The Morgan fingerprint density at radius 1 is 1.62 bits per heavy atom. The van der Waals surface area contributed by atoms with Crippen molar-refractivity contribution in [2.45, 2.75) is 32.0 Å². The standard InChI is InChI=1S/C10H16N2O3S/c1-7(13)2-3-9-11-10(12-15-9)8-6-16-5-4-14-8/h7-8,13H,2-6H2,1H3. The number of thioether (sulfide) groups is 1. The van der Waals surface area contributed by atoms with Gasteiger partial charge >= 0.3 is 0 Å². The van der Waals surface area contributed by atoms with Crippen LogP contribution < -0.4 is 0 Å². The molecule has 1 aromatic heterocycles. The second-order valence-electron chi connectivity index (χ2n) is 3.87. The van der Waals surface area contributed by atoms with Crippen LogP contribution in [-0.2, 0) is 11.2 Å². The lowest BCUT2D eigenvalue weighted by atomic mass is 10.2. The molecular weight excluding hydrogens is 228 g/mol. The number of aryl methyl sites for hydroxylation is 1. The Hall–Kier alpha value is -0.590. The average Bonchev–Trinajstić information content (AvgIpc) is 2.76. The smallest absolute Gasteiger partial charge is 0.226 e. The zero-order chi connectivity index (χ0) is 11.4. The monoisotopic (exact) mass is 244 g/mol. The van der Waals surface area contributed by atoms with E-state index in [0.29, 0.717) is 24.6 Å². The van der Waals surface area contributed by atoms with Gasteiger partial charge in [-0.15, -0.1) is 0 Å². The van der Waals surface area contributed by atoms with Gasteiger partial charge in [-0.1, -0.05) is 5.16 Å². The minimum atomic E-state index is -0.336. The van der Waals surface area contributed by atoms with E-state index in [1.807, 2.05) is 11.8 Å². The number of hydrogen-bond acceptors (Lipinski definition) is 6. The Morgan fingerprint density at radius 3 is 3.19 bits per heavy atom. The van der Waals surface area contributed by atoms with E-state index in [2.05, 4.69) is 10.1 Å². The maximum Gasteiger partial charge on any atom is 0.226 e. The van der Waals surface area contributed by atoms with Crippen molar-refractivity contribution < 1.29 is 14.4 Å². The summed E-state index contributed by atoms with van der Waals surface area (Å²) < 4.78 is 10.7. The third kappa shape index (κ3) is 3.20. The molecule has 6 heteroatoms. The third-order valence-electron chi connectivity index (χ3n) is 2.36. The summed E-state index contributed by atoms with van der Waals surface area (Å²) in [4.78, 5) is 4.28. The fourth-order valence-electron chi connectivity index (χ4n) is 1.47. The van der Waals surface area contributed by atoms with Gasteiger partial charge in [0.2, 0.25) is 11.7 Å². The topological polar surface area (TPSA) is 68.4 Å². The zero-order valence-electron chi connectivity index (χ0n) is 9.26. The Kier molecular flexibility index (Phi) is 4.20. The molecule has 2 rings (SSSR count). The van der Waals surface area contributed by atoms with Crippen molar-refractivity contribution in [3.8, 4) is 0 Å². The summed E-state index contributed by atoms with van der Waals surface area (Å²) in [7, 11) is 0. The summed E-state index contributed by atoms with van der Waals surface area (Å²) in [5.41, 5.74) is 0. The maximum atomic E-state index is 9.15. The number of aliphatic hydroxyl groups excluding tert-OH is 1. The van der Waals surface area contributed by atoms with Gasteiger partial charge in [0.05, 0.1) is 12.7 Å². The second kappa shape index (κ2) is 5.65. The second-order valence-corrected chi connectivity index (χ2v) is 5.02. The Labute approximate surface area is 98.6 Å². The number of rotatable bonds is 4. The van der Waals surface area contributed by atoms with Crippen LogP contribution in [0.25, 0.3) is 0 Å². The van der Waals surface area contributed by atoms with Crippen molar-refractivity contribution >= 4 is 11.8 Å². The van der Waals surface area contributed by atoms with E-state index < -0.39 is 0 Å². The predicted octanol–water partition coefficient (Wildman–Crippen LogP) is 1.19. The quantitative estimate of drug-likeness (QED) is 0.858. The molecule has 2 unspecified atom stereocenters. The van der Waals surface area contributed by atoms with Gasteiger partial charge in [-0.3, -0.25) is 0 Å². The Bertz CT molecular complexity index is 324. The molecule has 90 valence electrons. The van der Waals surface area contributed by atoms with Gasteiger partial charge in [0.1, 0.15) is 6.10 Å². The number of aromatic nitrogens is 2. The van der Waals surface area contributed by atoms with Crippen LogP contribution in [0.5, 0.6) is 0 Å². The highest BCUT2D eigenvalue weighted by Gasteiger charge is 2.21. The largest absolute Gasteiger partial charge is 0.393 e. The van der Waals surface area contributed by atoms with Crippen LogP contribution in [0.2, 0.25) is 0 Å². The van der Waals surface area contributed by atoms with Crippen LogP contribution in [-0.4, -0.2) is 39.5 Å². The first-order valence-electron chi connectivity index (χ1n) is 5.45. The predicted molar refractivity (Wildman–Crippen MR) is 60.3 cm³/mol. The van der Waals surface area contributed by atoms with Gasteiger partial charge in [-0.05, 0) is 13.3 Å². The molecule has 2 atom stereocenters. The molecule has 0 aliphatic carbocycles. The lowest BCUT2D eigenvalue weighted by Gasteiger charge is -2.18. The number of ether oxygens (including phenoxy) is 1. The first-order valence-corrected chi connectivity index (χ1v) is 6.61. The first kappa shape index (κ1) is 11.9. The fraction of sp³-hybridized carbons (Fsp3) is 0.800. The van der Waals surface area contributed by atoms with Gasteiger partial charge in [0.25, 0.3) is 0 Å². The molecule has 1 N–H and O–H groups in total. The van der Waals surface area contributed by atoms with Gasteiger partial charge in [0, 0.05) is 17.9 Å². The van der Waals surface area contributed by atoms with Gasteiger partial charge in [0.15, 0.2) is 0 Å². The molecule has 16 heavy (non-hydrogen) atoms. The van der Waals surface area contributed by atoms with Crippen LogP contribution >= 0.6 is 11.8 Å². The van der Waals surface area contributed by atoms with Gasteiger partial charge in [-0.25, -0.2) is 0 Å². The molecule has 1 saturated heterocycles. The molecule has 0 radical (unpaired) electrons. The van der Waals surface area contributed by atoms with E-state index >= 15 is 0 Å². The summed E-state index contributed by atoms with van der Waals surface area (Å²) in [6.07, 6.45) is 0.881. The minimum Gasteiger partial charge on any atom is -0.393 e. The third-order valence-corrected chi connectivity index (χ3v) is 3.36. The summed E-state index contributed by atoms with van der Waals surface area (Å²) >= 11 is 1.84. The molecular formula is C10H16N2O3S. The molecule has 0 spiro atoms. The minimum absolute atomic E-state index is 0.0391. The summed E-state index contributed by atoms with van der Waals surface area (Å²) in [5.74, 6) is 3.13. The summed E-state index contributed by atoms with van der Waals surface area (Å²) in [6.45, 7) is 2.49. The van der Waals surface area contributed by atoms with Crippen molar-refractivity contribution in [2.75, 3.05) is 18.1 Å². The highest BCUT2D eigenvalue weighted by molar-refractivity contribution is 7.99. The lowest BCUT2D eigenvalue weighted by Crippen LogP contribution is -2.16. The van der Waals surface area contributed by atoms with Crippen molar-refractivity contribution in [3.63, 3.8) is 0 Å². The molecule has 5 nitrogen and oxygen atoms in total. The number of aliphatic hydroxyl groups is 1. The zero-order valence-corrected chi connectivity index (χ0v) is 10.1. The Morgan fingerprint density at radius 2 is 2.50 bits per heavy atom. The highest BCUT2D eigenvalue weighted by Crippen LogP contribution is 2.24. The molecule has 1 aromatic rings. The molecule has 0 saturated carbocycles. The van der Waals surface area contributed by atoms with Crippen LogP contribution in [0.1, 0.15) is 31.2 Å². The molecule has 0 amide bonds. The van der Waals surface area contributed by atoms with Crippen LogP contribution in [0, 0.1) is 0 Å². The van der Waals surface area contributed by atoms with E-state index in [9.17, 15) is 0 Å². The number of nitrogens with zero attached hydrogens (tertiary/aromatic N) is 2. The van der Waals surface area contributed by atoms with Crippen LogP contribution in [0.3, 0.4) is 0 Å². The highest BCUT2D eigenvalue weighted by atomic mass is 32.2. The molecule has 0 aromatic carbocycles. The van der Waals surface area contributed by atoms with Crippen LogP contribution in [0.15, 0.2) is 4.52 Å². The lowest BCUT2D eigenvalue weighted by molar-refractivity contribution is 0.0677. The summed E-state index contributed by atoms with van der Waals surface area (Å²) in [5, 5.41) is 13.1. The van der Waals surface area contributed by atoms with Crippen LogP contribution in [0.4, 0.5) is 0 Å². The summed E-state index contributed by atoms with van der Waals surface area (Å²) in [6, 6.07) is 0. The normalized spacial score (nSPS) is 23.2. The van der Waals surface area contributed by atoms with E-state index in [0.717, 1.165) is 18.1 Å². The molecule has 1 aliphatic heterocycles. The first-order chi connectivity index (χ1) is 7.75. The van der Waals surface area contributed by atoms with E-state index in [1.54, 1.807) is 6.92 Å². The maximum absolute atomic E-state index is 9.15. The molecule has 2 heterocycles. The fourth-order valence-corrected chi connectivity index (χ4v) is 2.31. The van der Waals surface area contributed by atoms with Gasteiger partial charge in [-0.2, -0.15) is 16.7 Å². The Balaban J connectivity index is 1.90. The van der Waals surface area contributed by atoms with Gasteiger partial charge < -0.3 is 14.4 Å². The SMILES string of the molecule is CC(O)CCc1nc(C2CSCCO2)no1. The van der Waals surface area contributed by atoms with Crippen molar-refractivity contribution in [1.29, 1.82) is 0 Å². The van der Waals surface area contributed by atoms with Crippen molar-refractivity contribution in [3.05, 3.63) is 11.7 Å². The molecule has 1 aliphatic rings. The van der Waals surface area contributed by atoms with E-state index in [4.69, 9.17) is 14.4 Å². The number of hydrogen-bond donors (Lipinski definition) is 1.